The molecule has 0 saturated carbocycles. The van der Waals surface area contributed by atoms with Gasteiger partial charge in [0.25, 0.3) is 0 Å². The number of benzene rings is 1. The molecule has 0 fully saturated rings. The lowest BCUT2D eigenvalue weighted by atomic mass is 10.00. The minimum atomic E-state index is -0.203. The molecule has 2 rings (SSSR count). The average molecular weight is 374 g/mol. The van der Waals surface area contributed by atoms with Crippen LogP contribution in [0.1, 0.15) is 88.7 Å². The third-order valence-electron chi connectivity index (χ3n) is 5.28. The Bertz CT molecular complexity index is 612. The molecule has 4 nitrogen and oxygen atoms in total. The van der Waals surface area contributed by atoms with E-state index >= 15 is 0 Å². The van der Waals surface area contributed by atoms with Gasteiger partial charge >= 0.3 is 5.97 Å². The molecule has 0 radical (unpaired) electrons. The summed E-state index contributed by atoms with van der Waals surface area (Å²) in [5.41, 5.74) is 3.15. The van der Waals surface area contributed by atoms with Crippen LogP contribution in [-0.2, 0) is 20.7 Å². The highest BCUT2D eigenvalue weighted by atomic mass is 16.5. The van der Waals surface area contributed by atoms with Gasteiger partial charge in [-0.05, 0) is 37.0 Å². The van der Waals surface area contributed by atoms with E-state index in [2.05, 4.69) is 19.1 Å². The number of carbonyl (C=O) groups is 2. The molecule has 0 saturated heterocycles. The van der Waals surface area contributed by atoms with Crippen LogP contribution in [0, 0.1) is 6.92 Å². The molecular formula is C23H35NO3. The number of hydrogen-bond donors (Lipinski definition) is 0. The molecule has 0 bridgehead atoms. The first-order valence-electron chi connectivity index (χ1n) is 10.7. The summed E-state index contributed by atoms with van der Waals surface area (Å²) >= 11 is 0. The molecular weight excluding hydrogens is 338 g/mol. The maximum absolute atomic E-state index is 12.2. The predicted octanol–water partition coefficient (Wildman–Crippen LogP) is 5.70. The molecule has 1 aliphatic heterocycles. The topological polar surface area (TPSA) is 46.6 Å². The number of hydrogen-bond acceptors (Lipinski definition) is 3. The van der Waals surface area contributed by atoms with Crippen molar-refractivity contribution in [1.82, 2.24) is 0 Å². The van der Waals surface area contributed by atoms with E-state index < -0.39 is 0 Å². The number of ether oxygens (including phenoxy) is 1. The van der Waals surface area contributed by atoms with Crippen molar-refractivity contribution in [3.05, 3.63) is 29.3 Å². The van der Waals surface area contributed by atoms with Crippen LogP contribution in [0.2, 0.25) is 0 Å². The maximum atomic E-state index is 12.2. The summed E-state index contributed by atoms with van der Waals surface area (Å²) < 4.78 is 5.39. The monoisotopic (exact) mass is 373 g/mol. The molecule has 1 aromatic carbocycles. The highest BCUT2D eigenvalue weighted by molar-refractivity contribution is 5.96. The first-order valence-corrected chi connectivity index (χ1v) is 10.7. The Labute approximate surface area is 164 Å². The van der Waals surface area contributed by atoms with Crippen molar-refractivity contribution in [2.24, 2.45) is 0 Å². The van der Waals surface area contributed by atoms with Gasteiger partial charge < -0.3 is 4.74 Å². The highest BCUT2D eigenvalue weighted by Gasteiger charge is 2.25. The second kappa shape index (κ2) is 11.8. The van der Waals surface area contributed by atoms with Gasteiger partial charge in [-0.2, -0.15) is 0 Å². The number of esters is 1. The lowest BCUT2D eigenvalue weighted by Gasteiger charge is -2.29. The summed E-state index contributed by atoms with van der Waals surface area (Å²) in [6.45, 7) is 4.28. The van der Waals surface area contributed by atoms with E-state index in [4.69, 9.17) is 4.74 Å². The van der Waals surface area contributed by atoms with Gasteiger partial charge in [0.05, 0.1) is 5.69 Å². The van der Waals surface area contributed by atoms with Crippen LogP contribution >= 0.6 is 0 Å². The van der Waals surface area contributed by atoms with Crippen LogP contribution in [0.4, 0.5) is 5.69 Å². The first kappa shape index (κ1) is 21.5. The minimum Gasteiger partial charge on any atom is -0.444 e. The van der Waals surface area contributed by atoms with Gasteiger partial charge in [-0.25, -0.2) is 0 Å². The molecule has 1 heterocycles. The molecule has 4 heteroatoms. The van der Waals surface area contributed by atoms with E-state index in [9.17, 15) is 9.59 Å². The quantitative estimate of drug-likeness (QED) is 0.349. The van der Waals surface area contributed by atoms with Crippen molar-refractivity contribution in [3.8, 4) is 0 Å². The Morgan fingerprint density at radius 2 is 1.67 bits per heavy atom. The average Bonchev–Trinajstić information content (AvgIpc) is 2.66. The van der Waals surface area contributed by atoms with Crippen molar-refractivity contribution in [3.63, 3.8) is 0 Å². The maximum Gasteiger partial charge on any atom is 0.307 e. The zero-order chi connectivity index (χ0) is 19.5. The normalized spacial score (nSPS) is 13.6. The lowest BCUT2D eigenvalue weighted by Crippen LogP contribution is -2.37. The minimum absolute atomic E-state index is 0.0315. The number of fused-ring (bicyclic) bond motifs is 1. The van der Waals surface area contributed by atoms with Gasteiger partial charge in [-0.15, -0.1) is 0 Å². The fourth-order valence-corrected chi connectivity index (χ4v) is 3.58. The van der Waals surface area contributed by atoms with Gasteiger partial charge in [-0.3, -0.25) is 14.5 Å². The van der Waals surface area contributed by atoms with Gasteiger partial charge in [0, 0.05) is 12.8 Å². The number of nitrogens with zero attached hydrogens (tertiary/aromatic N) is 1. The highest BCUT2D eigenvalue weighted by Crippen LogP contribution is 2.28. The fourth-order valence-electron chi connectivity index (χ4n) is 3.58. The van der Waals surface area contributed by atoms with E-state index in [1.54, 1.807) is 4.90 Å². The Morgan fingerprint density at radius 1 is 1.00 bits per heavy atom. The molecule has 27 heavy (non-hydrogen) atoms. The summed E-state index contributed by atoms with van der Waals surface area (Å²) in [6, 6.07) is 6.12. The van der Waals surface area contributed by atoms with E-state index in [1.165, 1.54) is 44.9 Å². The van der Waals surface area contributed by atoms with E-state index in [0.29, 0.717) is 12.8 Å². The number of rotatable bonds is 12. The SMILES string of the molecule is CCCCCCCCCCCC(=O)OCN1C(=O)CCc2ccc(C)cc21. The first-order chi connectivity index (χ1) is 13.1. The van der Waals surface area contributed by atoms with Crippen molar-refractivity contribution in [1.29, 1.82) is 0 Å². The summed E-state index contributed by atoms with van der Waals surface area (Å²) in [6.07, 6.45) is 12.7. The predicted molar refractivity (Wildman–Crippen MR) is 110 cm³/mol. The Balaban J connectivity index is 1.63. The van der Waals surface area contributed by atoms with Crippen LogP contribution in [0.5, 0.6) is 0 Å². The summed E-state index contributed by atoms with van der Waals surface area (Å²) in [4.78, 5) is 25.9. The summed E-state index contributed by atoms with van der Waals surface area (Å²) in [5.74, 6) is -0.172. The van der Waals surface area contributed by atoms with Gasteiger partial charge in [0.15, 0.2) is 6.73 Å². The zero-order valence-corrected chi connectivity index (χ0v) is 17.1. The molecule has 150 valence electrons. The van der Waals surface area contributed by atoms with Crippen LogP contribution in [-0.4, -0.2) is 18.6 Å². The molecule has 0 aliphatic carbocycles. The summed E-state index contributed by atoms with van der Waals surface area (Å²) in [5, 5.41) is 0. The molecule has 1 amide bonds. The van der Waals surface area contributed by atoms with Gasteiger partial charge in [0.1, 0.15) is 0 Å². The molecule has 0 N–H and O–H groups in total. The molecule has 0 spiro atoms. The third-order valence-corrected chi connectivity index (χ3v) is 5.28. The number of unbranched alkanes of at least 4 members (excludes halogenated alkanes) is 8. The molecule has 1 aliphatic rings. The van der Waals surface area contributed by atoms with Crippen LogP contribution < -0.4 is 4.90 Å². The van der Waals surface area contributed by atoms with Crippen LogP contribution in [0.25, 0.3) is 0 Å². The Kier molecular flexibility index (Phi) is 9.37. The molecule has 0 atom stereocenters. The van der Waals surface area contributed by atoms with Crippen LogP contribution in [0.15, 0.2) is 18.2 Å². The third kappa shape index (κ3) is 7.36. The van der Waals surface area contributed by atoms with Crippen molar-refractivity contribution in [2.45, 2.75) is 90.9 Å². The second-order valence-corrected chi connectivity index (χ2v) is 7.68. The van der Waals surface area contributed by atoms with Gasteiger partial charge in [-0.1, -0.05) is 70.4 Å². The molecule has 0 unspecified atom stereocenters. The Morgan fingerprint density at radius 3 is 2.37 bits per heavy atom. The second-order valence-electron chi connectivity index (χ2n) is 7.68. The van der Waals surface area contributed by atoms with Crippen molar-refractivity contribution < 1.29 is 14.3 Å². The number of amides is 1. The number of carbonyl (C=O) groups excluding carboxylic acids is 2. The van der Waals surface area contributed by atoms with E-state index in [-0.39, 0.29) is 18.6 Å². The molecule has 1 aromatic rings. The van der Waals surface area contributed by atoms with Crippen molar-refractivity contribution in [2.75, 3.05) is 11.6 Å². The van der Waals surface area contributed by atoms with Gasteiger partial charge in [0.2, 0.25) is 5.91 Å². The molecule has 0 aromatic heterocycles. The lowest BCUT2D eigenvalue weighted by molar-refractivity contribution is -0.144. The number of anilines is 1. The van der Waals surface area contributed by atoms with Crippen molar-refractivity contribution >= 4 is 17.6 Å². The standard InChI is InChI=1S/C23H35NO3/c1-3-4-5-6-7-8-9-10-11-12-23(26)27-18-24-21-17-19(2)13-14-20(21)15-16-22(24)25/h13-14,17H,3-12,15-16,18H2,1-2H3. The zero-order valence-electron chi connectivity index (χ0n) is 17.1. The smallest absolute Gasteiger partial charge is 0.307 e. The fraction of sp³-hybridized carbons (Fsp3) is 0.652. The Hall–Kier alpha value is -1.84. The van der Waals surface area contributed by atoms with E-state index in [1.807, 2.05) is 13.0 Å². The van der Waals surface area contributed by atoms with Crippen LogP contribution in [0.3, 0.4) is 0 Å². The van der Waals surface area contributed by atoms with E-state index in [0.717, 1.165) is 36.1 Å². The number of aryl methyl sites for hydroxylation is 2. The largest absolute Gasteiger partial charge is 0.444 e. The summed E-state index contributed by atoms with van der Waals surface area (Å²) in [7, 11) is 0.